The lowest BCUT2D eigenvalue weighted by Crippen LogP contribution is -2.17. The average Bonchev–Trinajstić information content (AvgIpc) is 3.40. The van der Waals surface area contributed by atoms with Crippen molar-refractivity contribution in [3.63, 3.8) is 0 Å². The van der Waals surface area contributed by atoms with E-state index < -0.39 is 0 Å². The van der Waals surface area contributed by atoms with E-state index in [0.717, 1.165) is 11.4 Å². The second-order valence-electron chi connectivity index (χ2n) is 14.1. The third kappa shape index (κ3) is 4.27. The van der Waals surface area contributed by atoms with Gasteiger partial charge >= 0.3 is 0 Å². The molecule has 0 saturated heterocycles. The van der Waals surface area contributed by atoms with E-state index >= 15 is 0 Å². The number of hydrogen-bond donors (Lipinski definition) is 0. The summed E-state index contributed by atoms with van der Waals surface area (Å²) in [5.41, 5.74) is 11.2. The summed E-state index contributed by atoms with van der Waals surface area (Å²) >= 11 is 0. The van der Waals surface area contributed by atoms with Crippen LogP contribution < -0.4 is 4.90 Å². The molecule has 0 saturated carbocycles. The van der Waals surface area contributed by atoms with Crippen LogP contribution in [0.15, 0.2) is 176 Å². The molecule has 0 unspecified atom stereocenters. The van der Waals surface area contributed by atoms with E-state index in [1.54, 1.807) is 0 Å². The Kier molecular flexibility index (Phi) is 6.29. The third-order valence-electron chi connectivity index (χ3n) is 11.0. The number of fused-ring (bicyclic) bond motifs is 10. The highest BCUT2D eigenvalue weighted by molar-refractivity contribution is 6.30. The maximum Gasteiger partial charge on any atom is 0.0546 e. The van der Waals surface area contributed by atoms with Gasteiger partial charge in [-0.15, -0.1) is 0 Å². The number of benzene rings is 9. The number of anilines is 3. The van der Waals surface area contributed by atoms with Crippen LogP contribution in [0, 0.1) is 0 Å². The average molecular weight is 638 g/mol. The van der Waals surface area contributed by atoms with Gasteiger partial charge < -0.3 is 4.90 Å². The second-order valence-corrected chi connectivity index (χ2v) is 14.1. The normalized spacial score (nSPS) is 13.2. The number of para-hydroxylation sites is 1. The van der Waals surface area contributed by atoms with Crippen molar-refractivity contribution < 1.29 is 0 Å². The zero-order valence-electron chi connectivity index (χ0n) is 28.2. The molecule has 0 bridgehead atoms. The minimum atomic E-state index is -0.158. The maximum absolute atomic E-state index is 2.47. The molecule has 0 aromatic heterocycles. The first-order valence-electron chi connectivity index (χ1n) is 17.5. The highest BCUT2D eigenvalue weighted by Gasteiger charge is 2.36. The molecule has 1 aliphatic rings. The van der Waals surface area contributed by atoms with E-state index in [0.29, 0.717) is 0 Å². The maximum atomic E-state index is 2.47. The highest BCUT2D eigenvalue weighted by atomic mass is 15.1. The van der Waals surface area contributed by atoms with Gasteiger partial charge in [-0.25, -0.2) is 0 Å². The summed E-state index contributed by atoms with van der Waals surface area (Å²) in [5.74, 6) is 0. The summed E-state index contributed by atoms with van der Waals surface area (Å²) in [6.07, 6.45) is 0. The predicted octanol–water partition coefficient (Wildman–Crippen LogP) is 13.7. The summed E-state index contributed by atoms with van der Waals surface area (Å²) in [4.78, 5) is 2.47. The summed E-state index contributed by atoms with van der Waals surface area (Å²) in [6, 6.07) is 64.9. The lowest BCUT2D eigenvalue weighted by atomic mass is 9.81. The molecule has 0 spiro atoms. The van der Waals surface area contributed by atoms with Crippen LogP contribution in [0.3, 0.4) is 0 Å². The van der Waals surface area contributed by atoms with Crippen molar-refractivity contribution >= 4 is 60.2 Å². The molecule has 0 radical (unpaired) electrons. The molecule has 0 atom stereocenters. The predicted molar refractivity (Wildman–Crippen MR) is 214 cm³/mol. The minimum Gasteiger partial charge on any atom is -0.310 e. The smallest absolute Gasteiger partial charge is 0.0546 e. The van der Waals surface area contributed by atoms with Gasteiger partial charge in [0, 0.05) is 27.6 Å². The lowest BCUT2D eigenvalue weighted by Gasteiger charge is -2.30. The Morgan fingerprint density at radius 2 is 0.960 bits per heavy atom. The molecule has 9 aromatic rings. The molecule has 236 valence electrons. The molecule has 0 aliphatic heterocycles. The van der Waals surface area contributed by atoms with Crippen LogP contribution in [-0.2, 0) is 5.41 Å². The number of nitrogens with zero attached hydrogens (tertiary/aromatic N) is 1. The summed E-state index contributed by atoms with van der Waals surface area (Å²) in [5, 5.41) is 10.2. The van der Waals surface area contributed by atoms with Gasteiger partial charge in [-0.3, -0.25) is 0 Å². The fourth-order valence-corrected chi connectivity index (χ4v) is 8.53. The molecular formula is C49H35N. The highest BCUT2D eigenvalue weighted by Crippen LogP contribution is 2.52. The first kappa shape index (κ1) is 28.8. The fraction of sp³-hybridized carbons (Fsp3) is 0.0612. The van der Waals surface area contributed by atoms with E-state index in [9.17, 15) is 0 Å². The second kappa shape index (κ2) is 10.9. The molecule has 0 fully saturated rings. The van der Waals surface area contributed by atoms with Crippen molar-refractivity contribution in [2.45, 2.75) is 19.3 Å². The Hall–Kier alpha value is -6.18. The van der Waals surface area contributed by atoms with Crippen LogP contribution in [0.1, 0.15) is 25.0 Å². The summed E-state index contributed by atoms with van der Waals surface area (Å²) in [7, 11) is 0. The zero-order valence-corrected chi connectivity index (χ0v) is 28.2. The van der Waals surface area contributed by atoms with Crippen molar-refractivity contribution in [3.8, 4) is 22.3 Å². The quantitative estimate of drug-likeness (QED) is 0.174. The monoisotopic (exact) mass is 637 g/mol. The van der Waals surface area contributed by atoms with Crippen molar-refractivity contribution in [1.82, 2.24) is 0 Å². The molecular weight excluding hydrogens is 603 g/mol. The fourth-order valence-electron chi connectivity index (χ4n) is 8.53. The van der Waals surface area contributed by atoms with Crippen molar-refractivity contribution in [2.24, 2.45) is 0 Å². The van der Waals surface area contributed by atoms with Gasteiger partial charge in [-0.2, -0.15) is 0 Å². The van der Waals surface area contributed by atoms with Gasteiger partial charge in [0.1, 0.15) is 0 Å². The van der Waals surface area contributed by atoms with Gasteiger partial charge in [0.25, 0.3) is 0 Å². The van der Waals surface area contributed by atoms with Gasteiger partial charge in [-0.05, 0) is 102 Å². The van der Waals surface area contributed by atoms with E-state index in [4.69, 9.17) is 0 Å². The standard InChI is InChI=1S/C49H35N/c1-49(2)44-29-35(32-13-5-3-6-14-32)24-26-41(44)42-28-25-38(31-45(42)49)50(37-17-7-4-8-18-37)46-30-36-22-21-33-15-9-11-19-39(33)47(36)48-40-20-12-10-16-34(40)23-27-43(46)48/h3-31H,1-2H3. The van der Waals surface area contributed by atoms with Crippen LogP contribution in [0.25, 0.3) is 65.3 Å². The van der Waals surface area contributed by atoms with Crippen LogP contribution in [0.4, 0.5) is 17.1 Å². The Balaban J connectivity index is 1.23. The van der Waals surface area contributed by atoms with E-state index in [-0.39, 0.29) is 5.41 Å². The number of rotatable bonds is 4. The van der Waals surface area contributed by atoms with Gasteiger partial charge in [0.05, 0.1) is 5.69 Å². The SMILES string of the molecule is CC1(C)c2cc(-c3ccccc3)ccc2-c2ccc(N(c3ccccc3)c3cc4ccc5ccccc5c4c4c3ccc3ccccc34)cc21. The van der Waals surface area contributed by atoms with Crippen LogP contribution >= 0.6 is 0 Å². The van der Waals surface area contributed by atoms with Crippen LogP contribution in [0.5, 0.6) is 0 Å². The van der Waals surface area contributed by atoms with Gasteiger partial charge in [0.15, 0.2) is 0 Å². The van der Waals surface area contributed by atoms with E-state index in [2.05, 4.69) is 195 Å². The molecule has 9 aromatic carbocycles. The molecule has 1 heteroatoms. The molecule has 10 rings (SSSR count). The Labute approximate surface area is 292 Å². The van der Waals surface area contributed by atoms with Crippen molar-refractivity contribution in [3.05, 3.63) is 187 Å². The van der Waals surface area contributed by atoms with Crippen LogP contribution in [0.2, 0.25) is 0 Å². The molecule has 1 nitrogen and oxygen atoms in total. The van der Waals surface area contributed by atoms with E-state index in [1.807, 2.05) is 0 Å². The van der Waals surface area contributed by atoms with Gasteiger partial charge in [0.2, 0.25) is 0 Å². The minimum absolute atomic E-state index is 0.158. The topological polar surface area (TPSA) is 3.24 Å². The zero-order chi connectivity index (χ0) is 33.4. The third-order valence-corrected chi connectivity index (χ3v) is 11.0. The molecule has 50 heavy (non-hydrogen) atoms. The molecule has 1 aliphatic carbocycles. The number of hydrogen-bond acceptors (Lipinski definition) is 1. The molecule has 0 heterocycles. The van der Waals surface area contributed by atoms with Crippen LogP contribution in [-0.4, -0.2) is 0 Å². The summed E-state index contributed by atoms with van der Waals surface area (Å²) < 4.78 is 0. The Morgan fingerprint density at radius 3 is 1.70 bits per heavy atom. The van der Waals surface area contributed by atoms with Crippen molar-refractivity contribution in [1.29, 1.82) is 0 Å². The van der Waals surface area contributed by atoms with Crippen molar-refractivity contribution in [2.75, 3.05) is 4.90 Å². The first-order chi connectivity index (χ1) is 24.6. The lowest BCUT2D eigenvalue weighted by molar-refractivity contribution is 0.660. The molecule has 0 N–H and O–H groups in total. The Bertz CT molecular complexity index is 2780. The van der Waals surface area contributed by atoms with E-state index in [1.165, 1.54) is 82.2 Å². The van der Waals surface area contributed by atoms with Gasteiger partial charge in [-0.1, -0.05) is 153 Å². The Morgan fingerprint density at radius 1 is 0.380 bits per heavy atom. The molecule has 0 amide bonds. The summed E-state index contributed by atoms with van der Waals surface area (Å²) in [6.45, 7) is 4.76. The first-order valence-corrected chi connectivity index (χ1v) is 17.5. The largest absolute Gasteiger partial charge is 0.310 e.